The number of aliphatic imine (C=N–C) groups is 1. The smallest absolute Gasteiger partial charge is 0.210 e. The van der Waals surface area contributed by atoms with Gasteiger partial charge in [0, 0.05) is 20.3 Å². The molecule has 0 saturated heterocycles. The van der Waals surface area contributed by atoms with Gasteiger partial charge in [-0.1, -0.05) is 30.3 Å². The molecule has 128 valence electrons. The Balaban J connectivity index is 1.94. The second-order valence-electron chi connectivity index (χ2n) is 6.34. The Hall–Kier alpha value is -3.07. The van der Waals surface area contributed by atoms with E-state index in [1.165, 1.54) is 5.56 Å². The monoisotopic (exact) mass is 334 g/mol. The molecule has 0 radical (unpaired) electrons. The van der Waals surface area contributed by atoms with Gasteiger partial charge in [0.2, 0.25) is 5.96 Å². The first-order valence-corrected chi connectivity index (χ1v) is 8.34. The maximum atomic E-state index is 9.14. The van der Waals surface area contributed by atoms with E-state index in [4.69, 9.17) is 10.3 Å². The van der Waals surface area contributed by atoms with E-state index in [9.17, 15) is 0 Å². The summed E-state index contributed by atoms with van der Waals surface area (Å²) >= 11 is 0. The highest BCUT2D eigenvalue weighted by atomic mass is 15.2. The van der Waals surface area contributed by atoms with Crippen molar-refractivity contribution in [1.82, 2.24) is 10.3 Å². The van der Waals surface area contributed by atoms with Crippen LogP contribution in [0.15, 0.2) is 53.7 Å². The van der Waals surface area contributed by atoms with Crippen molar-refractivity contribution in [3.63, 3.8) is 0 Å². The Bertz CT molecular complexity index is 787. The van der Waals surface area contributed by atoms with Gasteiger partial charge in [0.15, 0.2) is 12.0 Å². The average molecular weight is 334 g/mol. The van der Waals surface area contributed by atoms with Crippen LogP contribution in [0.1, 0.15) is 24.8 Å². The van der Waals surface area contributed by atoms with E-state index >= 15 is 0 Å². The lowest BCUT2D eigenvalue weighted by atomic mass is 9.72. The van der Waals surface area contributed by atoms with Gasteiger partial charge in [0.1, 0.15) is 0 Å². The van der Waals surface area contributed by atoms with E-state index in [1.54, 1.807) is 6.20 Å². The fourth-order valence-electron chi connectivity index (χ4n) is 3.06. The van der Waals surface area contributed by atoms with Crippen molar-refractivity contribution in [2.45, 2.75) is 24.8 Å². The van der Waals surface area contributed by atoms with Gasteiger partial charge in [-0.25, -0.2) is 9.98 Å². The fraction of sp³-hybridized carbons (Fsp3) is 0.316. The number of hydrogen-bond acceptors (Lipinski definition) is 4. The van der Waals surface area contributed by atoms with Crippen molar-refractivity contribution < 1.29 is 0 Å². The van der Waals surface area contributed by atoms with E-state index in [0.717, 1.165) is 30.8 Å². The number of anilines is 2. The summed E-state index contributed by atoms with van der Waals surface area (Å²) < 4.78 is 0. The van der Waals surface area contributed by atoms with Crippen LogP contribution in [0.4, 0.5) is 11.5 Å². The standard InChI is InChI=1S/C19H22N6/c1-25(2)17-16(10-6-13-21-17)23-18(22-14-20)24-19(11-7-12-19)15-8-4-3-5-9-15/h3-6,8-10,13H,7,11-12H2,1-2H3,(H2,22,23,24). The second kappa shape index (κ2) is 7.22. The zero-order valence-electron chi connectivity index (χ0n) is 14.5. The molecular formula is C19H22N6. The van der Waals surface area contributed by atoms with E-state index in [2.05, 4.69) is 27.8 Å². The summed E-state index contributed by atoms with van der Waals surface area (Å²) in [6, 6.07) is 14.0. The summed E-state index contributed by atoms with van der Waals surface area (Å²) in [4.78, 5) is 11.2. The molecule has 1 saturated carbocycles. The zero-order valence-corrected chi connectivity index (χ0v) is 14.5. The lowest BCUT2D eigenvalue weighted by Gasteiger charge is -2.39. The molecule has 0 bridgehead atoms. The number of nitriles is 1. The number of nitrogens with one attached hydrogen (secondary N) is 2. The molecule has 0 unspecified atom stereocenters. The van der Waals surface area contributed by atoms with Crippen molar-refractivity contribution in [3.05, 3.63) is 54.2 Å². The van der Waals surface area contributed by atoms with Crippen LogP contribution in [0, 0.1) is 11.5 Å². The number of hydrogen-bond donors (Lipinski definition) is 2. The third-order valence-electron chi connectivity index (χ3n) is 4.46. The van der Waals surface area contributed by atoms with Crippen LogP contribution >= 0.6 is 0 Å². The Morgan fingerprint density at radius 1 is 1.20 bits per heavy atom. The molecule has 1 aliphatic carbocycles. The van der Waals surface area contributed by atoms with Gasteiger partial charge >= 0.3 is 0 Å². The molecule has 2 aromatic rings. The second-order valence-corrected chi connectivity index (χ2v) is 6.34. The summed E-state index contributed by atoms with van der Waals surface area (Å²) in [5.74, 6) is 1.24. The maximum absolute atomic E-state index is 9.14. The molecule has 1 fully saturated rings. The van der Waals surface area contributed by atoms with Crippen LogP contribution in [0.25, 0.3) is 0 Å². The molecule has 0 amide bonds. The first kappa shape index (κ1) is 16.8. The Morgan fingerprint density at radius 3 is 2.56 bits per heavy atom. The van der Waals surface area contributed by atoms with Crippen LogP contribution in [0.5, 0.6) is 0 Å². The predicted molar refractivity (Wildman–Crippen MR) is 100 cm³/mol. The van der Waals surface area contributed by atoms with E-state index in [1.807, 2.05) is 55.5 Å². The maximum Gasteiger partial charge on any atom is 0.210 e. The summed E-state index contributed by atoms with van der Waals surface area (Å²) in [5, 5.41) is 15.1. The number of benzene rings is 1. The van der Waals surface area contributed by atoms with Crippen LogP contribution in [-0.2, 0) is 5.54 Å². The van der Waals surface area contributed by atoms with Gasteiger partial charge in [-0.15, -0.1) is 0 Å². The molecule has 0 atom stereocenters. The molecular weight excluding hydrogens is 312 g/mol. The van der Waals surface area contributed by atoms with Crippen molar-refractivity contribution in [2.75, 3.05) is 24.3 Å². The van der Waals surface area contributed by atoms with Crippen molar-refractivity contribution in [3.8, 4) is 6.19 Å². The quantitative estimate of drug-likeness (QED) is 0.389. The topological polar surface area (TPSA) is 76.3 Å². The largest absolute Gasteiger partial charge is 0.361 e. The molecule has 6 nitrogen and oxygen atoms in total. The van der Waals surface area contributed by atoms with Crippen LogP contribution in [-0.4, -0.2) is 25.0 Å². The predicted octanol–water partition coefficient (Wildman–Crippen LogP) is 3.07. The van der Waals surface area contributed by atoms with Gasteiger partial charge in [-0.3, -0.25) is 5.32 Å². The lowest BCUT2D eigenvalue weighted by molar-refractivity contribution is 0.256. The average Bonchev–Trinajstić information content (AvgIpc) is 2.59. The zero-order chi connectivity index (χ0) is 17.7. The minimum Gasteiger partial charge on any atom is -0.361 e. The van der Waals surface area contributed by atoms with Gasteiger partial charge in [-0.2, -0.15) is 5.26 Å². The van der Waals surface area contributed by atoms with Gasteiger partial charge in [0.25, 0.3) is 0 Å². The van der Waals surface area contributed by atoms with Gasteiger partial charge in [0.05, 0.1) is 11.2 Å². The molecule has 6 heteroatoms. The third-order valence-corrected chi connectivity index (χ3v) is 4.46. The van der Waals surface area contributed by atoms with E-state index in [-0.39, 0.29) is 5.54 Å². The normalized spacial score (nSPS) is 15.6. The first-order valence-electron chi connectivity index (χ1n) is 8.34. The molecule has 25 heavy (non-hydrogen) atoms. The fourth-order valence-corrected chi connectivity index (χ4v) is 3.06. The molecule has 1 aliphatic rings. The van der Waals surface area contributed by atoms with Crippen molar-refractivity contribution in [1.29, 1.82) is 5.26 Å². The van der Waals surface area contributed by atoms with Crippen LogP contribution < -0.4 is 15.5 Å². The molecule has 3 rings (SSSR count). The number of aromatic nitrogens is 1. The Labute approximate surface area is 148 Å². The molecule has 2 N–H and O–H groups in total. The van der Waals surface area contributed by atoms with E-state index < -0.39 is 0 Å². The lowest BCUT2D eigenvalue weighted by Crippen LogP contribution is -2.38. The molecule has 0 aliphatic heterocycles. The Morgan fingerprint density at radius 2 is 1.96 bits per heavy atom. The third kappa shape index (κ3) is 3.56. The van der Waals surface area contributed by atoms with Crippen molar-refractivity contribution >= 4 is 17.5 Å². The van der Waals surface area contributed by atoms with Crippen LogP contribution in [0.2, 0.25) is 0 Å². The molecule has 1 aromatic carbocycles. The number of nitrogens with zero attached hydrogens (tertiary/aromatic N) is 4. The summed E-state index contributed by atoms with van der Waals surface area (Å²) in [6.07, 6.45) is 6.81. The van der Waals surface area contributed by atoms with Gasteiger partial charge in [-0.05, 0) is 37.0 Å². The van der Waals surface area contributed by atoms with E-state index in [0.29, 0.717) is 5.96 Å². The number of pyridine rings is 1. The summed E-state index contributed by atoms with van der Waals surface area (Å²) in [5.41, 5.74) is 1.71. The van der Waals surface area contributed by atoms with Gasteiger partial charge < -0.3 is 10.2 Å². The highest BCUT2D eigenvalue weighted by molar-refractivity contribution is 5.97. The number of rotatable bonds is 4. The van der Waals surface area contributed by atoms with Crippen LogP contribution in [0.3, 0.4) is 0 Å². The molecule has 0 spiro atoms. The highest BCUT2D eigenvalue weighted by Gasteiger charge is 2.39. The summed E-state index contributed by atoms with van der Waals surface area (Å²) in [6.45, 7) is 0. The Kier molecular flexibility index (Phi) is 4.85. The minimum atomic E-state index is -0.270. The summed E-state index contributed by atoms with van der Waals surface area (Å²) in [7, 11) is 3.86. The van der Waals surface area contributed by atoms with Crippen molar-refractivity contribution in [2.24, 2.45) is 4.99 Å². The first-order chi connectivity index (χ1) is 12.1. The highest BCUT2D eigenvalue weighted by Crippen LogP contribution is 2.45. The number of guanidine groups is 1. The minimum absolute atomic E-state index is 0.270. The molecule has 1 heterocycles. The SMILES string of the molecule is CN(C)c1ncccc1NC(=NC1(c2ccccc2)CCC1)NC#N. The molecule has 1 aromatic heterocycles.